The third-order valence-corrected chi connectivity index (χ3v) is 2.62. The number of hydrogen-bond acceptors (Lipinski definition) is 2. The number of nitrogens with two attached hydrogens (primary N) is 1. The highest BCUT2D eigenvalue weighted by molar-refractivity contribution is 5.88. The van der Waals surface area contributed by atoms with Crippen LogP contribution in [0.5, 0.6) is 0 Å². The van der Waals surface area contributed by atoms with Crippen molar-refractivity contribution in [2.24, 2.45) is 5.73 Å². The molecule has 0 saturated heterocycles. The highest BCUT2D eigenvalue weighted by Crippen LogP contribution is 2.12. The van der Waals surface area contributed by atoms with E-state index in [-0.39, 0.29) is 5.91 Å². The first-order valence-electron chi connectivity index (χ1n) is 7.20. The first-order valence-corrected chi connectivity index (χ1v) is 7.20. The van der Waals surface area contributed by atoms with Crippen molar-refractivity contribution < 1.29 is 4.79 Å². The molecule has 0 aromatic heterocycles. The van der Waals surface area contributed by atoms with E-state index < -0.39 is 0 Å². The lowest BCUT2D eigenvalue weighted by atomic mass is 10.1. The number of carbonyl (C=O) groups is 1. The summed E-state index contributed by atoms with van der Waals surface area (Å²) in [5.41, 5.74) is 7.32. The maximum absolute atomic E-state index is 10.8. The molecule has 1 rings (SSSR count). The highest BCUT2D eigenvalue weighted by Gasteiger charge is 1.97. The number of benzene rings is 1. The highest BCUT2D eigenvalue weighted by atomic mass is 16.1. The first kappa shape index (κ1) is 17.6. The maximum Gasteiger partial charge on any atom is 0.221 e. The fourth-order valence-corrected chi connectivity index (χ4v) is 1.59. The van der Waals surface area contributed by atoms with Crippen LogP contribution in [0.25, 0.3) is 0 Å². The predicted molar refractivity (Wildman–Crippen MR) is 83.3 cm³/mol. The Hall–Kier alpha value is -1.35. The summed E-state index contributed by atoms with van der Waals surface area (Å²) in [4.78, 5) is 10.8. The summed E-state index contributed by atoms with van der Waals surface area (Å²) >= 11 is 0. The van der Waals surface area contributed by atoms with Crippen molar-refractivity contribution in [2.45, 2.75) is 52.9 Å². The van der Waals surface area contributed by atoms with Crippen molar-refractivity contribution in [3.63, 3.8) is 0 Å². The quantitative estimate of drug-likeness (QED) is 0.822. The van der Waals surface area contributed by atoms with Gasteiger partial charge in [0, 0.05) is 12.6 Å². The van der Waals surface area contributed by atoms with Gasteiger partial charge < -0.3 is 11.1 Å². The molecular weight excluding hydrogens is 236 g/mol. The van der Waals surface area contributed by atoms with E-state index in [1.165, 1.54) is 38.2 Å². The van der Waals surface area contributed by atoms with E-state index in [2.05, 4.69) is 25.2 Å². The Morgan fingerprint density at radius 3 is 2.37 bits per heavy atom. The van der Waals surface area contributed by atoms with Gasteiger partial charge in [-0.3, -0.25) is 4.79 Å². The number of anilines is 1. The largest absolute Gasteiger partial charge is 0.330 e. The van der Waals surface area contributed by atoms with Crippen molar-refractivity contribution in [2.75, 3.05) is 11.9 Å². The second-order valence-electron chi connectivity index (χ2n) is 4.63. The van der Waals surface area contributed by atoms with Crippen LogP contribution >= 0.6 is 0 Å². The Morgan fingerprint density at radius 2 is 1.89 bits per heavy atom. The van der Waals surface area contributed by atoms with E-state index in [9.17, 15) is 4.79 Å². The van der Waals surface area contributed by atoms with Crippen molar-refractivity contribution >= 4 is 11.6 Å². The molecule has 0 unspecified atom stereocenters. The molecule has 0 aliphatic heterocycles. The summed E-state index contributed by atoms with van der Waals surface area (Å²) in [6.07, 6.45) is 5.87. The molecule has 108 valence electrons. The van der Waals surface area contributed by atoms with Crippen LogP contribution in [0, 0.1) is 0 Å². The van der Waals surface area contributed by atoms with Crippen LogP contribution in [0.3, 0.4) is 0 Å². The predicted octanol–water partition coefficient (Wildman–Crippen LogP) is 3.73. The van der Waals surface area contributed by atoms with Gasteiger partial charge >= 0.3 is 0 Å². The number of unbranched alkanes of at least 4 members (excludes halogenated alkanes) is 2. The van der Waals surface area contributed by atoms with E-state index in [4.69, 9.17) is 5.73 Å². The number of rotatable bonds is 6. The second kappa shape index (κ2) is 11.7. The van der Waals surface area contributed by atoms with E-state index in [0.717, 1.165) is 18.7 Å². The molecule has 3 heteroatoms. The number of hydrogen-bond donors (Lipinski definition) is 2. The molecule has 0 spiro atoms. The number of nitrogens with one attached hydrogen (secondary N) is 1. The number of aryl methyl sites for hydroxylation is 1. The van der Waals surface area contributed by atoms with Crippen LogP contribution in [0.15, 0.2) is 24.3 Å². The van der Waals surface area contributed by atoms with Gasteiger partial charge in [0.1, 0.15) is 0 Å². The molecule has 0 atom stereocenters. The maximum atomic E-state index is 10.8. The van der Waals surface area contributed by atoms with Crippen molar-refractivity contribution in [1.29, 1.82) is 0 Å². The standard InChI is InChI=1S/C12H17NO.C4H11N/c1-3-4-6-11-7-5-8-12(9-11)13-10(2)14;1-2-3-4-5/h5,7-9H,3-4,6H2,1-2H3,(H,13,14);2-5H2,1H3. The molecule has 0 saturated carbocycles. The van der Waals surface area contributed by atoms with Gasteiger partial charge in [0.2, 0.25) is 5.91 Å². The molecular formula is C16H28N2O. The third-order valence-electron chi connectivity index (χ3n) is 2.62. The molecule has 1 amide bonds. The van der Waals surface area contributed by atoms with Gasteiger partial charge in [0.25, 0.3) is 0 Å². The second-order valence-corrected chi connectivity index (χ2v) is 4.63. The SMILES string of the molecule is CCCCN.CCCCc1cccc(NC(C)=O)c1. The molecule has 0 fully saturated rings. The molecule has 0 bridgehead atoms. The molecule has 3 nitrogen and oxygen atoms in total. The van der Waals surface area contributed by atoms with E-state index in [0.29, 0.717) is 0 Å². The minimum atomic E-state index is -0.0161. The summed E-state index contributed by atoms with van der Waals surface area (Å²) in [7, 11) is 0. The first-order chi connectivity index (χ1) is 9.13. The molecule has 19 heavy (non-hydrogen) atoms. The Labute approximate surface area is 117 Å². The van der Waals surface area contributed by atoms with Gasteiger partial charge in [-0.05, 0) is 43.5 Å². The molecule has 0 heterocycles. The Kier molecular flexibility index (Phi) is 10.9. The van der Waals surface area contributed by atoms with E-state index >= 15 is 0 Å². The van der Waals surface area contributed by atoms with Gasteiger partial charge in [0.05, 0.1) is 0 Å². The molecule has 1 aromatic carbocycles. The third kappa shape index (κ3) is 10.3. The van der Waals surface area contributed by atoms with Crippen LogP contribution in [-0.4, -0.2) is 12.5 Å². The molecule has 0 radical (unpaired) electrons. The van der Waals surface area contributed by atoms with Crippen LogP contribution < -0.4 is 11.1 Å². The number of amides is 1. The fourth-order valence-electron chi connectivity index (χ4n) is 1.59. The Balaban J connectivity index is 0.000000555. The van der Waals surface area contributed by atoms with Crippen molar-refractivity contribution in [3.8, 4) is 0 Å². The Morgan fingerprint density at radius 1 is 1.21 bits per heavy atom. The molecule has 0 aliphatic rings. The van der Waals surface area contributed by atoms with Gasteiger partial charge in [-0.25, -0.2) is 0 Å². The minimum absolute atomic E-state index is 0.0161. The lowest BCUT2D eigenvalue weighted by molar-refractivity contribution is -0.114. The molecule has 1 aromatic rings. The van der Waals surface area contributed by atoms with Gasteiger partial charge in [-0.2, -0.15) is 0 Å². The smallest absolute Gasteiger partial charge is 0.221 e. The fraction of sp³-hybridized carbons (Fsp3) is 0.562. The normalized spacial score (nSPS) is 9.47. The molecule has 0 aliphatic carbocycles. The minimum Gasteiger partial charge on any atom is -0.330 e. The van der Waals surface area contributed by atoms with Crippen LogP contribution in [0.4, 0.5) is 5.69 Å². The monoisotopic (exact) mass is 264 g/mol. The summed E-state index contributed by atoms with van der Waals surface area (Å²) in [6, 6.07) is 8.03. The summed E-state index contributed by atoms with van der Waals surface area (Å²) < 4.78 is 0. The van der Waals surface area contributed by atoms with Gasteiger partial charge in [0.15, 0.2) is 0 Å². The zero-order chi connectivity index (χ0) is 14.5. The average Bonchev–Trinajstić information content (AvgIpc) is 2.38. The van der Waals surface area contributed by atoms with Crippen LogP contribution in [-0.2, 0) is 11.2 Å². The topological polar surface area (TPSA) is 55.1 Å². The van der Waals surface area contributed by atoms with Crippen molar-refractivity contribution in [1.82, 2.24) is 0 Å². The lowest BCUT2D eigenvalue weighted by Crippen LogP contribution is -2.05. The van der Waals surface area contributed by atoms with Crippen LogP contribution in [0.1, 0.15) is 52.0 Å². The average molecular weight is 264 g/mol. The van der Waals surface area contributed by atoms with E-state index in [1.807, 2.05) is 18.2 Å². The van der Waals surface area contributed by atoms with E-state index in [1.54, 1.807) is 0 Å². The zero-order valence-electron chi connectivity index (χ0n) is 12.5. The Bertz CT molecular complexity index is 348. The zero-order valence-corrected chi connectivity index (χ0v) is 12.5. The van der Waals surface area contributed by atoms with Gasteiger partial charge in [-0.15, -0.1) is 0 Å². The summed E-state index contributed by atoms with van der Waals surface area (Å²) in [6.45, 7) is 6.68. The molecule has 3 N–H and O–H groups in total. The number of carbonyl (C=O) groups excluding carboxylic acids is 1. The summed E-state index contributed by atoms with van der Waals surface area (Å²) in [5, 5.41) is 2.78. The lowest BCUT2D eigenvalue weighted by Gasteiger charge is -2.04. The summed E-state index contributed by atoms with van der Waals surface area (Å²) in [5.74, 6) is -0.0161. The van der Waals surface area contributed by atoms with Gasteiger partial charge in [-0.1, -0.05) is 38.8 Å². The van der Waals surface area contributed by atoms with Crippen molar-refractivity contribution in [3.05, 3.63) is 29.8 Å². The van der Waals surface area contributed by atoms with Crippen LogP contribution in [0.2, 0.25) is 0 Å².